The van der Waals surface area contributed by atoms with Gasteiger partial charge in [0.25, 0.3) is 0 Å². The zero-order valence-corrected chi connectivity index (χ0v) is 18.7. The van der Waals surface area contributed by atoms with E-state index < -0.39 is 13.4 Å². The van der Waals surface area contributed by atoms with Crippen molar-refractivity contribution in [1.82, 2.24) is 5.32 Å². The van der Waals surface area contributed by atoms with E-state index in [0.717, 1.165) is 36.8 Å². The molecule has 0 amide bonds. The summed E-state index contributed by atoms with van der Waals surface area (Å²) in [5.41, 5.74) is 1.89. The highest BCUT2D eigenvalue weighted by Crippen LogP contribution is 2.60. The van der Waals surface area contributed by atoms with Gasteiger partial charge in [-0.1, -0.05) is 63.1 Å². The summed E-state index contributed by atoms with van der Waals surface area (Å²) in [6, 6.07) is 15.6. The molecule has 0 aromatic heterocycles. The van der Waals surface area contributed by atoms with Crippen LogP contribution in [-0.4, -0.2) is 20.0 Å². The predicted octanol–water partition coefficient (Wildman–Crippen LogP) is 6.03. The zero-order chi connectivity index (χ0) is 21.2. The third-order valence-corrected chi connectivity index (χ3v) is 7.11. The first-order chi connectivity index (χ1) is 14.7. The minimum Gasteiger partial charge on any atom is -0.454 e. The lowest BCUT2D eigenvalue weighted by Crippen LogP contribution is -2.23. The van der Waals surface area contributed by atoms with E-state index in [1.807, 2.05) is 48.5 Å². The number of ether oxygens (including phenoxy) is 2. The quantitative estimate of drug-likeness (QED) is 0.307. The monoisotopic (exact) mass is 433 g/mol. The maximum Gasteiger partial charge on any atom is 0.351 e. The summed E-state index contributed by atoms with van der Waals surface area (Å²) in [6.45, 7) is 5.68. The maximum atomic E-state index is 14.0. The molecule has 1 N–H and O–H groups in total. The Labute approximate surface area is 179 Å². The Balaban J connectivity index is 1.88. The molecule has 1 aliphatic rings. The van der Waals surface area contributed by atoms with Crippen LogP contribution in [0.4, 0.5) is 0 Å². The molecule has 2 aromatic carbocycles. The van der Waals surface area contributed by atoms with Crippen molar-refractivity contribution in [3.8, 4) is 11.5 Å². The first-order valence-electron chi connectivity index (χ1n) is 10.7. The first-order valence-corrected chi connectivity index (χ1v) is 12.3. The van der Waals surface area contributed by atoms with Crippen molar-refractivity contribution >= 4 is 7.60 Å². The van der Waals surface area contributed by atoms with E-state index in [2.05, 4.69) is 19.2 Å². The minimum absolute atomic E-state index is 0.193. The van der Waals surface area contributed by atoms with E-state index in [0.29, 0.717) is 31.3 Å². The van der Waals surface area contributed by atoms with Crippen LogP contribution in [0.5, 0.6) is 11.5 Å². The highest BCUT2D eigenvalue weighted by molar-refractivity contribution is 7.54. The standard InChI is InChI=1S/C23H32NO5P/c1-3-5-14-28-30(25,29-15-6-4-2)23(24-17-19-10-8-7-9-11-19)20-12-13-21-22(16-20)27-18-26-21/h7-13,16,23-24H,3-6,14-15,17-18H2,1-2H3. The number of nitrogens with one attached hydrogen (secondary N) is 1. The van der Waals surface area contributed by atoms with Crippen LogP contribution >= 0.6 is 7.60 Å². The van der Waals surface area contributed by atoms with Crippen LogP contribution in [0.15, 0.2) is 48.5 Å². The van der Waals surface area contributed by atoms with Crippen LogP contribution in [-0.2, 0) is 20.2 Å². The summed E-state index contributed by atoms with van der Waals surface area (Å²) in [5.74, 6) is 0.725. The van der Waals surface area contributed by atoms with Gasteiger partial charge in [0.15, 0.2) is 11.5 Å². The van der Waals surface area contributed by atoms with Crippen molar-refractivity contribution in [1.29, 1.82) is 0 Å². The van der Waals surface area contributed by atoms with Gasteiger partial charge in [-0.05, 0) is 36.1 Å². The number of unbranched alkanes of at least 4 members (excludes halogenated alkanes) is 2. The highest BCUT2D eigenvalue weighted by atomic mass is 31.2. The molecule has 0 radical (unpaired) electrons. The average molecular weight is 433 g/mol. The van der Waals surface area contributed by atoms with E-state index >= 15 is 0 Å². The summed E-state index contributed by atoms with van der Waals surface area (Å²) in [6.07, 6.45) is 3.57. The summed E-state index contributed by atoms with van der Waals surface area (Å²) in [7, 11) is -3.48. The van der Waals surface area contributed by atoms with E-state index in [4.69, 9.17) is 18.5 Å². The second-order valence-corrected chi connectivity index (χ2v) is 9.41. The summed E-state index contributed by atoms with van der Waals surface area (Å²) in [4.78, 5) is 0. The third-order valence-electron chi connectivity index (χ3n) is 4.91. The van der Waals surface area contributed by atoms with Gasteiger partial charge in [0.05, 0.1) is 13.2 Å². The van der Waals surface area contributed by atoms with Crippen LogP contribution < -0.4 is 14.8 Å². The van der Waals surface area contributed by atoms with Crippen molar-refractivity contribution in [2.45, 2.75) is 51.9 Å². The Hall–Kier alpha value is -1.85. The molecule has 30 heavy (non-hydrogen) atoms. The van der Waals surface area contributed by atoms with E-state index in [1.165, 1.54) is 0 Å². The zero-order valence-electron chi connectivity index (χ0n) is 17.8. The molecule has 0 bridgehead atoms. The molecule has 0 aliphatic carbocycles. The number of hydrogen-bond acceptors (Lipinski definition) is 6. The molecule has 0 saturated heterocycles. The Bertz CT molecular complexity index is 816. The van der Waals surface area contributed by atoms with Crippen LogP contribution in [0.3, 0.4) is 0 Å². The molecule has 6 nitrogen and oxygen atoms in total. The second kappa shape index (κ2) is 11.5. The summed E-state index contributed by atoms with van der Waals surface area (Å²) in [5, 5.41) is 3.43. The van der Waals surface area contributed by atoms with Gasteiger partial charge in [0.2, 0.25) is 6.79 Å². The molecule has 164 valence electrons. The van der Waals surface area contributed by atoms with Gasteiger partial charge < -0.3 is 18.5 Å². The maximum absolute atomic E-state index is 14.0. The van der Waals surface area contributed by atoms with E-state index in [1.54, 1.807) is 0 Å². The molecular weight excluding hydrogens is 401 g/mol. The molecule has 1 atom stereocenters. The lowest BCUT2D eigenvalue weighted by Gasteiger charge is -2.28. The van der Waals surface area contributed by atoms with Crippen molar-refractivity contribution < 1.29 is 23.1 Å². The normalized spacial score (nSPS) is 14.1. The second-order valence-electron chi connectivity index (χ2n) is 7.30. The number of hydrogen-bond donors (Lipinski definition) is 1. The van der Waals surface area contributed by atoms with Gasteiger partial charge in [-0.25, -0.2) is 0 Å². The highest BCUT2D eigenvalue weighted by Gasteiger charge is 2.38. The molecular formula is C23H32NO5P. The molecule has 0 saturated carbocycles. The van der Waals surface area contributed by atoms with Crippen LogP contribution in [0, 0.1) is 0 Å². The summed E-state index contributed by atoms with van der Waals surface area (Å²) >= 11 is 0. The third kappa shape index (κ3) is 6.08. The van der Waals surface area contributed by atoms with Crippen molar-refractivity contribution in [2.75, 3.05) is 20.0 Å². The van der Waals surface area contributed by atoms with Crippen molar-refractivity contribution in [2.24, 2.45) is 0 Å². The van der Waals surface area contributed by atoms with Crippen molar-refractivity contribution in [3.63, 3.8) is 0 Å². The first kappa shape index (κ1) is 22.8. The Morgan fingerprint density at radius 1 is 0.967 bits per heavy atom. The van der Waals surface area contributed by atoms with Gasteiger partial charge >= 0.3 is 7.60 Å². The molecule has 3 rings (SSSR count). The minimum atomic E-state index is -3.48. The van der Waals surface area contributed by atoms with Crippen LogP contribution in [0.25, 0.3) is 0 Å². The fourth-order valence-corrected chi connectivity index (χ4v) is 5.14. The van der Waals surface area contributed by atoms with E-state index in [9.17, 15) is 4.57 Å². The smallest absolute Gasteiger partial charge is 0.351 e. The lowest BCUT2D eigenvalue weighted by atomic mass is 10.2. The van der Waals surface area contributed by atoms with Gasteiger partial charge in [0, 0.05) is 6.54 Å². The van der Waals surface area contributed by atoms with E-state index in [-0.39, 0.29) is 6.79 Å². The fourth-order valence-electron chi connectivity index (χ4n) is 3.16. The Kier molecular flexibility index (Phi) is 8.76. The fraction of sp³-hybridized carbons (Fsp3) is 0.478. The Morgan fingerprint density at radius 2 is 1.63 bits per heavy atom. The topological polar surface area (TPSA) is 66.0 Å². The molecule has 7 heteroatoms. The van der Waals surface area contributed by atoms with Crippen LogP contribution in [0.2, 0.25) is 0 Å². The lowest BCUT2D eigenvalue weighted by molar-refractivity contribution is 0.174. The molecule has 1 unspecified atom stereocenters. The number of fused-ring (bicyclic) bond motifs is 1. The Morgan fingerprint density at radius 3 is 2.30 bits per heavy atom. The largest absolute Gasteiger partial charge is 0.454 e. The molecule has 1 heterocycles. The van der Waals surface area contributed by atoms with Gasteiger partial charge in [-0.15, -0.1) is 0 Å². The van der Waals surface area contributed by atoms with Gasteiger partial charge in [-0.2, -0.15) is 0 Å². The number of benzene rings is 2. The molecule has 2 aromatic rings. The summed E-state index contributed by atoms with van der Waals surface area (Å²) < 4.78 is 36.9. The number of rotatable bonds is 13. The van der Waals surface area contributed by atoms with Gasteiger partial charge in [-0.3, -0.25) is 9.88 Å². The molecule has 0 spiro atoms. The predicted molar refractivity (Wildman–Crippen MR) is 118 cm³/mol. The average Bonchev–Trinajstić information content (AvgIpc) is 3.23. The van der Waals surface area contributed by atoms with Gasteiger partial charge in [0.1, 0.15) is 5.78 Å². The molecule has 0 fully saturated rings. The SMILES string of the molecule is CCCCOP(=O)(OCCCC)C(NCc1ccccc1)c1ccc2c(c1)OCO2. The molecule has 1 aliphatic heterocycles. The van der Waals surface area contributed by atoms with Crippen LogP contribution in [0.1, 0.15) is 56.4 Å². The van der Waals surface area contributed by atoms with Crippen molar-refractivity contribution in [3.05, 3.63) is 59.7 Å².